The molecule has 6 rings (SSSR count). The van der Waals surface area contributed by atoms with Crippen molar-refractivity contribution in [3.05, 3.63) is 102 Å². The molecule has 0 unspecified atom stereocenters. The average molecular weight is 489 g/mol. The Morgan fingerprint density at radius 3 is 1.94 bits per heavy atom. The van der Waals surface area contributed by atoms with Crippen LogP contribution in [0.3, 0.4) is 0 Å². The first-order valence-corrected chi connectivity index (χ1v) is 11.4. The summed E-state index contributed by atoms with van der Waals surface area (Å²) in [5.74, 6) is -0.116. The van der Waals surface area contributed by atoms with E-state index in [1.165, 1.54) is 0 Å². The van der Waals surface area contributed by atoms with Gasteiger partial charge in [-0.3, -0.25) is 0 Å². The molecule has 0 saturated carbocycles. The Labute approximate surface area is 200 Å². The largest absolute Gasteiger partial charge is 0.234 e. The van der Waals surface area contributed by atoms with Crippen LogP contribution in [0, 0.1) is 5.41 Å². The number of isocyanates is 1. The molecular formula is C25H17Cl4NO. The third-order valence-electron chi connectivity index (χ3n) is 6.87. The summed E-state index contributed by atoms with van der Waals surface area (Å²) in [6, 6.07) is 16.6. The lowest BCUT2D eigenvalue weighted by Gasteiger charge is -2.57. The van der Waals surface area contributed by atoms with Gasteiger partial charge >= 0.3 is 0 Å². The molecule has 2 bridgehead atoms. The number of benzene rings is 3. The first-order valence-electron chi connectivity index (χ1n) is 9.87. The molecule has 3 aliphatic carbocycles. The maximum atomic E-state index is 11.1. The second-order valence-electron chi connectivity index (χ2n) is 8.69. The van der Waals surface area contributed by atoms with E-state index in [9.17, 15) is 4.79 Å². The molecule has 0 aliphatic heterocycles. The number of nitrogens with zero attached hydrogens (tertiary/aromatic N) is 1. The van der Waals surface area contributed by atoms with Crippen molar-refractivity contribution >= 4 is 52.5 Å². The SMILES string of the molecule is CC(C)(CN=C=O)C12c3ccccc3C(c3ccccc31)c1c(Cl)c(Cl)c(Cl)c(Cl)c12. The second kappa shape index (κ2) is 7.10. The van der Waals surface area contributed by atoms with Crippen LogP contribution in [-0.2, 0) is 10.2 Å². The lowest BCUT2D eigenvalue weighted by Crippen LogP contribution is -2.53. The fourth-order valence-corrected chi connectivity index (χ4v) is 6.89. The smallest absolute Gasteiger partial charge is 0.211 e. The minimum absolute atomic E-state index is 0.116. The summed E-state index contributed by atoms with van der Waals surface area (Å²) >= 11 is 27.0. The van der Waals surface area contributed by atoms with E-state index in [0.717, 1.165) is 33.4 Å². The molecule has 3 aliphatic rings. The Hall–Kier alpha value is -1.80. The van der Waals surface area contributed by atoms with Gasteiger partial charge in [-0.15, -0.1) is 0 Å². The first kappa shape index (κ1) is 21.1. The fraction of sp³-hybridized carbons (Fsp3) is 0.240. The summed E-state index contributed by atoms with van der Waals surface area (Å²) in [6.45, 7) is 4.42. The van der Waals surface area contributed by atoms with Crippen molar-refractivity contribution < 1.29 is 4.79 Å². The zero-order valence-electron chi connectivity index (χ0n) is 16.8. The van der Waals surface area contributed by atoms with Gasteiger partial charge in [-0.2, -0.15) is 0 Å². The summed E-state index contributed by atoms with van der Waals surface area (Å²) in [7, 11) is 0. The van der Waals surface area contributed by atoms with Gasteiger partial charge in [0, 0.05) is 11.3 Å². The normalized spacial score (nSPS) is 20.5. The fourth-order valence-electron chi connectivity index (χ4n) is 5.78. The molecule has 0 aromatic heterocycles. The van der Waals surface area contributed by atoms with Gasteiger partial charge in [-0.05, 0) is 33.4 Å². The minimum atomic E-state index is -0.737. The van der Waals surface area contributed by atoms with E-state index in [-0.39, 0.29) is 22.5 Å². The van der Waals surface area contributed by atoms with Crippen molar-refractivity contribution in [2.24, 2.45) is 10.4 Å². The zero-order chi connectivity index (χ0) is 22.1. The molecule has 0 spiro atoms. The van der Waals surface area contributed by atoms with Gasteiger partial charge in [0.15, 0.2) is 0 Å². The quantitative estimate of drug-likeness (QED) is 0.160. The molecule has 0 saturated heterocycles. The van der Waals surface area contributed by atoms with Gasteiger partial charge in [0.2, 0.25) is 6.08 Å². The molecule has 2 nitrogen and oxygen atoms in total. The van der Waals surface area contributed by atoms with E-state index >= 15 is 0 Å². The Morgan fingerprint density at radius 1 is 0.871 bits per heavy atom. The standard InChI is InChI=1S/C25H17Cl4NO/c1-24(2,11-30-12-31)25-15-9-5-3-7-13(15)17(14-8-4-6-10-16(14)25)18-19(25)21(27)23(29)22(28)20(18)26/h3-10,17H,11H2,1-2H3. The third kappa shape index (κ3) is 2.49. The lowest BCUT2D eigenvalue weighted by molar-refractivity contribution is 0.237. The van der Waals surface area contributed by atoms with Crippen molar-refractivity contribution in [1.82, 2.24) is 0 Å². The van der Waals surface area contributed by atoms with Gasteiger partial charge in [-0.1, -0.05) is 109 Å². The lowest BCUT2D eigenvalue weighted by atomic mass is 9.45. The molecule has 3 aromatic carbocycles. The Balaban J connectivity index is 2.07. The highest BCUT2D eigenvalue weighted by Gasteiger charge is 2.60. The summed E-state index contributed by atoms with van der Waals surface area (Å²) in [6.07, 6.45) is 1.70. The highest BCUT2D eigenvalue weighted by molar-refractivity contribution is 6.52. The van der Waals surface area contributed by atoms with Crippen molar-refractivity contribution in [1.29, 1.82) is 0 Å². The molecule has 3 aromatic rings. The molecule has 0 radical (unpaired) electrons. The maximum Gasteiger partial charge on any atom is 0.234 e. The minimum Gasteiger partial charge on any atom is -0.211 e. The number of aliphatic imine (C=N–C) groups is 1. The van der Waals surface area contributed by atoms with Crippen molar-refractivity contribution in [3.8, 4) is 0 Å². The number of halogens is 4. The molecule has 156 valence electrons. The van der Waals surface area contributed by atoms with E-state index in [2.05, 4.69) is 43.1 Å². The summed E-state index contributed by atoms with van der Waals surface area (Å²) in [5, 5.41) is 1.31. The monoisotopic (exact) mass is 487 g/mol. The van der Waals surface area contributed by atoms with Crippen LogP contribution in [0.4, 0.5) is 0 Å². The summed E-state index contributed by atoms with van der Waals surface area (Å²) in [5.41, 5.74) is 4.95. The van der Waals surface area contributed by atoms with Crippen LogP contribution >= 0.6 is 46.4 Å². The molecule has 6 heteroatoms. The maximum absolute atomic E-state index is 11.1. The van der Waals surface area contributed by atoms with Crippen LogP contribution in [-0.4, -0.2) is 12.6 Å². The van der Waals surface area contributed by atoms with Crippen LogP contribution < -0.4 is 0 Å². The number of hydrogen-bond acceptors (Lipinski definition) is 2. The molecule has 0 heterocycles. The van der Waals surface area contributed by atoms with E-state index < -0.39 is 10.8 Å². The van der Waals surface area contributed by atoms with Gasteiger partial charge in [0.25, 0.3) is 0 Å². The molecular weight excluding hydrogens is 472 g/mol. The zero-order valence-corrected chi connectivity index (χ0v) is 19.8. The average Bonchev–Trinajstić information content (AvgIpc) is 2.79. The number of rotatable bonds is 3. The molecule has 0 N–H and O–H groups in total. The summed E-state index contributed by atoms with van der Waals surface area (Å²) < 4.78 is 0. The molecule has 0 fully saturated rings. The Bertz CT molecular complexity index is 1260. The highest BCUT2D eigenvalue weighted by Crippen LogP contribution is 2.68. The molecule has 31 heavy (non-hydrogen) atoms. The number of carbonyl (C=O) groups excluding carboxylic acids is 1. The topological polar surface area (TPSA) is 29.4 Å². The highest BCUT2D eigenvalue weighted by atomic mass is 35.5. The predicted octanol–water partition coefficient (Wildman–Crippen LogP) is 7.80. The first-order chi connectivity index (χ1) is 14.8. The van der Waals surface area contributed by atoms with E-state index in [1.54, 1.807) is 6.08 Å². The van der Waals surface area contributed by atoms with E-state index in [4.69, 9.17) is 46.4 Å². The molecule has 0 amide bonds. The Kier molecular flexibility index (Phi) is 4.83. The van der Waals surface area contributed by atoms with E-state index in [1.807, 2.05) is 24.3 Å². The van der Waals surface area contributed by atoms with Crippen molar-refractivity contribution in [3.63, 3.8) is 0 Å². The van der Waals surface area contributed by atoms with Crippen LogP contribution in [0.2, 0.25) is 20.1 Å². The number of hydrogen-bond donors (Lipinski definition) is 0. The van der Waals surface area contributed by atoms with Gasteiger partial charge in [0.05, 0.1) is 32.1 Å². The van der Waals surface area contributed by atoms with Gasteiger partial charge in [0.1, 0.15) is 0 Å². The van der Waals surface area contributed by atoms with Gasteiger partial charge < -0.3 is 0 Å². The van der Waals surface area contributed by atoms with Crippen molar-refractivity contribution in [2.75, 3.05) is 6.54 Å². The van der Waals surface area contributed by atoms with Crippen LogP contribution in [0.15, 0.2) is 53.5 Å². The van der Waals surface area contributed by atoms with Crippen LogP contribution in [0.1, 0.15) is 53.1 Å². The molecule has 0 atom stereocenters. The van der Waals surface area contributed by atoms with Crippen LogP contribution in [0.5, 0.6) is 0 Å². The summed E-state index contributed by atoms with van der Waals surface area (Å²) in [4.78, 5) is 15.1. The second-order valence-corrected chi connectivity index (χ2v) is 10.2. The predicted molar refractivity (Wildman–Crippen MR) is 127 cm³/mol. The van der Waals surface area contributed by atoms with Crippen LogP contribution in [0.25, 0.3) is 0 Å². The Morgan fingerprint density at radius 2 is 1.39 bits per heavy atom. The van der Waals surface area contributed by atoms with Gasteiger partial charge in [-0.25, -0.2) is 9.79 Å². The van der Waals surface area contributed by atoms with Crippen molar-refractivity contribution in [2.45, 2.75) is 25.2 Å². The third-order valence-corrected chi connectivity index (χ3v) is 8.69. The van der Waals surface area contributed by atoms with E-state index in [0.29, 0.717) is 10.0 Å².